The highest BCUT2D eigenvalue weighted by atomic mass is 35.5. The normalized spacial score (nSPS) is 34.3. The van der Waals surface area contributed by atoms with Crippen molar-refractivity contribution >= 4 is 23.2 Å². The molecule has 1 rings (SSSR count). The van der Waals surface area contributed by atoms with E-state index in [1.54, 1.807) is 18.6 Å². The Kier molecular flexibility index (Phi) is 1.85. The van der Waals surface area contributed by atoms with E-state index in [1.807, 2.05) is 0 Å². The molecular weight excluding hydrogens is 159 g/mol. The lowest BCUT2D eigenvalue weighted by molar-refractivity contribution is 0.224. The van der Waals surface area contributed by atoms with Gasteiger partial charge in [0, 0.05) is 6.42 Å². The number of alkyl halides is 1. The number of allylic oxidation sites excluding steroid dienone is 2. The maximum atomic E-state index is 9.10. The fourth-order valence-electron chi connectivity index (χ4n) is 0.520. The van der Waals surface area contributed by atoms with Crippen LogP contribution in [0.5, 0.6) is 0 Å². The average molecular weight is 164 g/mol. The quantitative estimate of drug-likeness (QED) is 0.541. The van der Waals surface area contributed by atoms with Crippen LogP contribution in [0.2, 0.25) is 0 Å². The van der Waals surface area contributed by atoms with Crippen molar-refractivity contribution in [2.45, 2.75) is 5.06 Å². The molecule has 9 heavy (non-hydrogen) atoms. The highest BCUT2D eigenvalue weighted by Gasteiger charge is 2.25. The lowest BCUT2D eigenvalue weighted by atomic mass is 10.1. The highest BCUT2D eigenvalue weighted by Crippen LogP contribution is 2.29. The third kappa shape index (κ3) is 1.48. The van der Waals surface area contributed by atoms with Gasteiger partial charge in [0.2, 0.25) is 0 Å². The van der Waals surface area contributed by atoms with Gasteiger partial charge in [0.25, 0.3) is 0 Å². The first-order valence-electron chi connectivity index (χ1n) is 2.43. The molecule has 1 nitrogen and oxygen atoms in total. The minimum atomic E-state index is -1.48. The van der Waals surface area contributed by atoms with E-state index in [4.69, 9.17) is 28.3 Å². The molecule has 0 aromatic rings. The largest absolute Gasteiger partial charge is 0.367 e. The van der Waals surface area contributed by atoms with Gasteiger partial charge in [-0.2, -0.15) is 0 Å². The summed E-state index contributed by atoms with van der Waals surface area (Å²) < 4.78 is 0. The summed E-state index contributed by atoms with van der Waals surface area (Å²) >= 11 is 11.0. The Labute approximate surface area is 63.6 Å². The van der Waals surface area contributed by atoms with Crippen LogP contribution in [0.3, 0.4) is 0 Å². The maximum Gasteiger partial charge on any atom is 0.193 e. The molecule has 0 bridgehead atoms. The molecule has 1 aliphatic rings. The van der Waals surface area contributed by atoms with E-state index in [9.17, 15) is 0 Å². The molecule has 1 unspecified atom stereocenters. The number of rotatable bonds is 0. The Balaban J connectivity index is 2.83. The first-order valence-corrected chi connectivity index (χ1v) is 3.18. The van der Waals surface area contributed by atoms with E-state index in [1.165, 1.54) is 6.08 Å². The van der Waals surface area contributed by atoms with Crippen molar-refractivity contribution in [2.24, 2.45) is 0 Å². The number of halogens is 2. The van der Waals surface area contributed by atoms with E-state index in [-0.39, 0.29) is 5.03 Å². The Morgan fingerprint density at radius 1 is 1.56 bits per heavy atom. The van der Waals surface area contributed by atoms with Crippen molar-refractivity contribution in [1.82, 2.24) is 0 Å². The highest BCUT2D eigenvalue weighted by molar-refractivity contribution is 6.39. The predicted molar refractivity (Wildman–Crippen MR) is 38.2 cm³/mol. The molecular formula is C6H5Cl2O. The van der Waals surface area contributed by atoms with Gasteiger partial charge in [0.05, 0.1) is 5.03 Å². The molecule has 0 heterocycles. The molecule has 1 atom stereocenters. The van der Waals surface area contributed by atoms with Crippen LogP contribution in [0.15, 0.2) is 23.3 Å². The monoisotopic (exact) mass is 163 g/mol. The molecule has 3 heteroatoms. The molecule has 49 valence electrons. The summed E-state index contributed by atoms with van der Waals surface area (Å²) in [5.74, 6) is 0. The first-order chi connectivity index (χ1) is 4.13. The smallest absolute Gasteiger partial charge is 0.193 e. The summed E-state index contributed by atoms with van der Waals surface area (Å²) in [6.45, 7) is 0. The van der Waals surface area contributed by atoms with Crippen LogP contribution in [0.25, 0.3) is 0 Å². The average Bonchev–Trinajstić information content (AvgIpc) is 1.77. The SMILES string of the molecule is OC1(Cl)C=C[CH]C=C1Cl. The molecule has 0 aliphatic heterocycles. The van der Waals surface area contributed by atoms with Gasteiger partial charge in [-0.1, -0.05) is 35.4 Å². The summed E-state index contributed by atoms with van der Waals surface area (Å²) in [5, 5.41) is 7.85. The number of hydrogen-bond donors (Lipinski definition) is 1. The standard InChI is InChI=1S/C6H5Cl2O/c7-5-3-1-2-4-6(5,8)9/h1-4,9H. The second-order valence-corrected chi connectivity index (χ2v) is 2.72. The molecule has 0 amide bonds. The van der Waals surface area contributed by atoms with Gasteiger partial charge >= 0.3 is 0 Å². The Morgan fingerprint density at radius 3 is 2.56 bits per heavy atom. The summed E-state index contributed by atoms with van der Waals surface area (Å²) in [6, 6.07) is 0. The van der Waals surface area contributed by atoms with Gasteiger partial charge < -0.3 is 5.11 Å². The van der Waals surface area contributed by atoms with Crippen molar-refractivity contribution < 1.29 is 5.11 Å². The van der Waals surface area contributed by atoms with Gasteiger partial charge in [-0.3, -0.25) is 0 Å². The van der Waals surface area contributed by atoms with E-state index in [0.29, 0.717) is 0 Å². The predicted octanol–water partition coefficient (Wildman–Crippen LogP) is 1.81. The van der Waals surface area contributed by atoms with Crippen molar-refractivity contribution in [2.75, 3.05) is 0 Å². The third-order valence-corrected chi connectivity index (χ3v) is 1.85. The van der Waals surface area contributed by atoms with Gasteiger partial charge in [0.15, 0.2) is 5.06 Å². The van der Waals surface area contributed by atoms with Crippen LogP contribution in [-0.2, 0) is 0 Å². The molecule has 0 saturated carbocycles. The van der Waals surface area contributed by atoms with Crippen LogP contribution >= 0.6 is 23.2 Å². The lowest BCUT2D eigenvalue weighted by Gasteiger charge is -2.17. The molecule has 0 fully saturated rings. The van der Waals surface area contributed by atoms with Crippen LogP contribution in [-0.4, -0.2) is 10.2 Å². The lowest BCUT2D eigenvalue weighted by Crippen LogP contribution is -2.18. The summed E-state index contributed by atoms with van der Waals surface area (Å²) in [6.07, 6.45) is 6.31. The maximum absolute atomic E-state index is 9.10. The van der Waals surface area contributed by atoms with Crippen LogP contribution < -0.4 is 0 Å². The zero-order valence-corrected chi connectivity index (χ0v) is 6.02. The Hall–Kier alpha value is 0.0200. The zero-order valence-electron chi connectivity index (χ0n) is 4.51. The Bertz CT molecular complexity index is 170. The second-order valence-electron chi connectivity index (χ2n) is 1.74. The fourth-order valence-corrected chi connectivity index (χ4v) is 0.791. The first kappa shape index (κ1) is 7.13. The summed E-state index contributed by atoms with van der Waals surface area (Å²) in [4.78, 5) is 0. The van der Waals surface area contributed by atoms with Crippen molar-refractivity contribution in [3.05, 3.63) is 29.7 Å². The van der Waals surface area contributed by atoms with Gasteiger partial charge in [-0.25, -0.2) is 0 Å². The van der Waals surface area contributed by atoms with Crippen molar-refractivity contribution in [3.8, 4) is 0 Å². The fraction of sp³-hybridized carbons (Fsp3) is 0.167. The van der Waals surface area contributed by atoms with Crippen molar-refractivity contribution in [3.63, 3.8) is 0 Å². The number of hydrogen-bond acceptors (Lipinski definition) is 1. The molecule has 0 aromatic carbocycles. The van der Waals surface area contributed by atoms with Crippen LogP contribution in [0, 0.1) is 6.42 Å². The van der Waals surface area contributed by atoms with Gasteiger partial charge in [-0.05, 0) is 6.08 Å². The van der Waals surface area contributed by atoms with E-state index in [0.717, 1.165) is 0 Å². The van der Waals surface area contributed by atoms with Gasteiger partial charge in [-0.15, -0.1) is 0 Å². The topological polar surface area (TPSA) is 20.2 Å². The second kappa shape index (κ2) is 2.33. The molecule has 0 spiro atoms. The summed E-state index contributed by atoms with van der Waals surface area (Å²) in [5.41, 5.74) is 0. The van der Waals surface area contributed by atoms with Crippen LogP contribution in [0.1, 0.15) is 0 Å². The minimum Gasteiger partial charge on any atom is -0.367 e. The minimum absolute atomic E-state index is 0.228. The van der Waals surface area contributed by atoms with E-state index >= 15 is 0 Å². The van der Waals surface area contributed by atoms with Crippen LogP contribution in [0.4, 0.5) is 0 Å². The van der Waals surface area contributed by atoms with Crippen molar-refractivity contribution in [1.29, 1.82) is 0 Å². The van der Waals surface area contributed by atoms with E-state index in [2.05, 4.69) is 0 Å². The molecule has 1 N–H and O–H groups in total. The van der Waals surface area contributed by atoms with E-state index < -0.39 is 5.06 Å². The molecule has 1 aliphatic carbocycles. The zero-order chi connectivity index (χ0) is 6.91. The molecule has 0 saturated heterocycles. The molecule has 1 radical (unpaired) electrons. The molecule has 0 aromatic heterocycles. The Morgan fingerprint density at radius 2 is 2.22 bits per heavy atom. The van der Waals surface area contributed by atoms with Gasteiger partial charge in [0.1, 0.15) is 0 Å². The number of aliphatic hydroxyl groups is 1. The third-order valence-electron chi connectivity index (χ3n) is 1.01. The summed E-state index contributed by atoms with van der Waals surface area (Å²) in [7, 11) is 0.